The summed E-state index contributed by atoms with van der Waals surface area (Å²) >= 11 is 0. The fourth-order valence-electron chi connectivity index (χ4n) is 5.08. The standard InChI is InChI=1S/C16H30N2/c1-11-2-5-13(6-3-11)16(18-17)10-15-9-12-4-7-14(15)8-12/h11-16,18H,2-10,17H2,1H3. The highest BCUT2D eigenvalue weighted by Crippen LogP contribution is 2.50. The topological polar surface area (TPSA) is 38.0 Å². The number of nitrogens with one attached hydrogen (secondary N) is 1. The quantitative estimate of drug-likeness (QED) is 0.592. The molecule has 3 rings (SSSR count). The summed E-state index contributed by atoms with van der Waals surface area (Å²) in [6.07, 6.45) is 13.1. The summed E-state index contributed by atoms with van der Waals surface area (Å²) in [4.78, 5) is 0. The van der Waals surface area contributed by atoms with Gasteiger partial charge in [0.15, 0.2) is 0 Å². The molecular weight excluding hydrogens is 220 g/mol. The minimum Gasteiger partial charge on any atom is -0.271 e. The summed E-state index contributed by atoms with van der Waals surface area (Å²) in [6, 6.07) is 0.599. The van der Waals surface area contributed by atoms with Gasteiger partial charge in [-0.2, -0.15) is 0 Å². The zero-order valence-corrected chi connectivity index (χ0v) is 11.9. The van der Waals surface area contributed by atoms with Gasteiger partial charge < -0.3 is 0 Å². The van der Waals surface area contributed by atoms with Gasteiger partial charge in [0, 0.05) is 6.04 Å². The van der Waals surface area contributed by atoms with Crippen LogP contribution in [0.3, 0.4) is 0 Å². The third kappa shape index (κ3) is 2.60. The molecule has 18 heavy (non-hydrogen) atoms. The van der Waals surface area contributed by atoms with E-state index in [4.69, 9.17) is 5.84 Å². The van der Waals surface area contributed by atoms with E-state index in [1.54, 1.807) is 0 Å². The minimum absolute atomic E-state index is 0.599. The first-order valence-corrected chi connectivity index (χ1v) is 8.22. The highest BCUT2D eigenvalue weighted by atomic mass is 15.2. The van der Waals surface area contributed by atoms with Crippen LogP contribution in [0.1, 0.15) is 64.7 Å². The molecular formula is C16H30N2. The zero-order valence-electron chi connectivity index (χ0n) is 11.9. The van der Waals surface area contributed by atoms with Crippen molar-refractivity contribution < 1.29 is 0 Å². The summed E-state index contributed by atoms with van der Waals surface area (Å²) in [5, 5.41) is 0. The molecule has 0 saturated heterocycles. The van der Waals surface area contributed by atoms with Crippen molar-refractivity contribution >= 4 is 0 Å². The zero-order chi connectivity index (χ0) is 12.5. The highest BCUT2D eigenvalue weighted by molar-refractivity contribution is 4.93. The molecule has 4 atom stereocenters. The average Bonchev–Trinajstić information content (AvgIpc) is 2.99. The molecule has 3 aliphatic carbocycles. The van der Waals surface area contributed by atoms with Gasteiger partial charge in [-0.3, -0.25) is 11.3 Å². The van der Waals surface area contributed by atoms with Crippen LogP contribution in [0.25, 0.3) is 0 Å². The SMILES string of the molecule is CC1CCC(C(CC2CC3CCC2C3)NN)CC1. The van der Waals surface area contributed by atoms with Crippen LogP contribution in [-0.2, 0) is 0 Å². The first-order chi connectivity index (χ1) is 8.76. The van der Waals surface area contributed by atoms with Crippen molar-refractivity contribution in [3.05, 3.63) is 0 Å². The Balaban J connectivity index is 1.53. The molecule has 2 nitrogen and oxygen atoms in total. The Morgan fingerprint density at radius 2 is 1.83 bits per heavy atom. The Hall–Kier alpha value is -0.0800. The van der Waals surface area contributed by atoms with Gasteiger partial charge >= 0.3 is 0 Å². The van der Waals surface area contributed by atoms with Crippen LogP contribution >= 0.6 is 0 Å². The molecule has 3 aliphatic rings. The predicted octanol–water partition coefficient (Wildman–Crippen LogP) is 3.47. The van der Waals surface area contributed by atoms with Gasteiger partial charge in [-0.1, -0.05) is 26.2 Å². The molecule has 0 amide bonds. The first-order valence-electron chi connectivity index (χ1n) is 8.22. The molecule has 3 N–H and O–H groups in total. The number of nitrogens with two attached hydrogens (primary N) is 1. The van der Waals surface area contributed by atoms with Gasteiger partial charge in [0.1, 0.15) is 0 Å². The first kappa shape index (κ1) is 12.9. The van der Waals surface area contributed by atoms with Crippen LogP contribution in [0.2, 0.25) is 0 Å². The maximum Gasteiger partial charge on any atom is 0.0241 e. The molecule has 3 fully saturated rings. The molecule has 0 aromatic rings. The van der Waals surface area contributed by atoms with E-state index in [0.29, 0.717) is 6.04 Å². The Labute approximate surface area is 112 Å². The van der Waals surface area contributed by atoms with Crippen molar-refractivity contribution in [3.8, 4) is 0 Å². The van der Waals surface area contributed by atoms with E-state index < -0.39 is 0 Å². The Morgan fingerprint density at radius 1 is 1.06 bits per heavy atom. The average molecular weight is 250 g/mol. The molecule has 0 spiro atoms. The molecule has 0 aromatic carbocycles. The van der Waals surface area contributed by atoms with E-state index in [0.717, 1.165) is 29.6 Å². The summed E-state index contributed by atoms with van der Waals surface area (Å²) in [5.74, 6) is 10.8. The van der Waals surface area contributed by atoms with Crippen molar-refractivity contribution in [2.45, 2.75) is 70.8 Å². The largest absolute Gasteiger partial charge is 0.271 e. The molecule has 0 heterocycles. The molecule has 0 aliphatic heterocycles. The summed E-state index contributed by atoms with van der Waals surface area (Å²) in [6.45, 7) is 2.40. The lowest BCUT2D eigenvalue weighted by Gasteiger charge is -2.35. The Morgan fingerprint density at radius 3 is 2.39 bits per heavy atom. The van der Waals surface area contributed by atoms with E-state index in [1.807, 2.05) is 0 Å². The van der Waals surface area contributed by atoms with Gasteiger partial charge in [-0.15, -0.1) is 0 Å². The van der Waals surface area contributed by atoms with Crippen LogP contribution in [0.15, 0.2) is 0 Å². The van der Waals surface area contributed by atoms with Crippen molar-refractivity contribution in [3.63, 3.8) is 0 Å². The van der Waals surface area contributed by atoms with Crippen LogP contribution in [0.4, 0.5) is 0 Å². The van der Waals surface area contributed by atoms with Crippen LogP contribution in [0, 0.1) is 29.6 Å². The fraction of sp³-hybridized carbons (Fsp3) is 1.00. The number of hydrazine groups is 1. The summed E-state index contributed by atoms with van der Waals surface area (Å²) in [5.41, 5.74) is 3.17. The van der Waals surface area contributed by atoms with E-state index in [9.17, 15) is 0 Å². The number of hydrogen-bond acceptors (Lipinski definition) is 2. The molecule has 104 valence electrons. The monoisotopic (exact) mass is 250 g/mol. The number of fused-ring (bicyclic) bond motifs is 2. The number of rotatable bonds is 4. The highest BCUT2D eigenvalue weighted by Gasteiger charge is 2.41. The third-order valence-electron chi connectivity index (χ3n) is 6.28. The molecule has 2 heteroatoms. The number of hydrogen-bond donors (Lipinski definition) is 2. The lowest BCUT2D eigenvalue weighted by Crippen LogP contribution is -2.43. The van der Waals surface area contributed by atoms with E-state index in [1.165, 1.54) is 57.8 Å². The molecule has 4 unspecified atom stereocenters. The second-order valence-electron chi connectivity index (χ2n) is 7.46. The van der Waals surface area contributed by atoms with Gasteiger partial charge in [-0.05, 0) is 68.1 Å². The van der Waals surface area contributed by atoms with Crippen molar-refractivity contribution in [1.29, 1.82) is 0 Å². The smallest absolute Gasteiger partial charge is 0.0241 e. The lowest BCUT2D eigenvalue weighted by atomic mass is 9.75. The third-order valence-corrected chi connectivity index (χ3v) is 6.28. The minimum atomic E-state index is 0.599. The van der Waals surface area contributed by atoms with E-state index in [2.05, 4.69) is 12.3 Å². The second kappa shape index (κ2) is 5.50. The normalized spacial score (nSPS) is 45.3. The van der Waals surface area contributed by atoms with Crippen LogP contribution < -0.4 is 11.3 Å². The Kier molecular flexibility index (Phi) is 3.95. The fourth-order valence-corrected chi connectivity index (χ4v) is 5.08. The van der Waals surface area contributed by atoms with Crippen LogP contribution in [-0.4, -0.2) is 6.04 Å². The van der Waals surface area contributed by atoms with Gasteiger partial charge in [-0.25, -0.2) is 0 Å². The van der Waals surface area contributed by atoms with Crippen LogP contribution in [0.5, 0.6) is 0 Å². The second-order valence-corrected chi connectivity index (χ2v) is 7.46. The van der Waals surface area contributed by atoms with Gasteiger partial charge in [0.05, 0.1) is 0 Å². The maximum absolute atomic E-state index is 5.86. The predicted molar refractivity (Wildman–Crippen MR) is 75.8 cm³/mol. The molecule has 3 saturated carbocycles. The van der Waals surface area contributed by atoms with Gasteiger partial charge in [0.25, 0.3) is 0 Å². The van der Waals surface area contributed by atoms with Crippen molar-refractivity contribution in [2.75, 3.05) is 0 Å². The molecule has 2 bridgehead atoms. The van der Waals surface area contributed by atoms with E-state index >= 15 is 0 Å². The summed E-state index contributed by atoms with van der Waals surface area (Å²) in [7, 11) is 0. The summed E-state index contributed by atoms with van der Waals surface area (Å²) < 4.78 is 0. The van der Waals surface area contributed by atoms with E-state index in [-0.39, 0.29) is 0 Å². The van der Waals surface area contributed by atoms with Crippen molar-refractivity contribution in [2.24, 2.45) is 35.4 Å². The van der Waals surface area contributed by atoms with Crippen molar-refractivity contribution in [1.82, 2.24) is 5.43 Å². The van der Waals surface area contributed by atoms with Gasteiger partial charge in [0.2, 0.25) is 0 Å². The molecule has 0 radical (unpaired) electrons. The molecule has 0 aromatic heterocycles. The maximum atomic E-state index is 5.86. The lowest BCUT2D eigenvalue weighted by molar-refractivity contribution is 0.185. The Bertz CT molecular complexity index is 270.